The van der Waals surface area contributed by atoms with Gasteiger partial charge in [0.1, 0.15) is 0 Å². The Bertz CT molecular complexity index is 724. The normalized spacial score (nSPS) is 26.3. The fraction of sp³-hybridized carbons (Fsp3) is 0.636. The number of rotatable bonds is 4. The smallest absolute Gasteiger partial charge is 0.317 e. The Morgan fingerprint density at radius 2 is 1.82 bits per heavy atom. The van der Waals surface area contributed by atoms with E-state index in [0.29, 0.717) is 13.1 Å². The van der Waals surface area contributed by atoms with E-state index < -0.39 is 0 Å². The number of carbonyl (C=O) groups excluding carboxylic acids is 2. The molecule has 4 rings (SSSR count). The maximum absolute atomic E-state index is 13.3. The van der Waals surface area contributed by atoms with E-state index in [1.807, 2.05) is 36.9 Å². The first-order valence-corrected chi connectivity index (χ1v) is 10.5. The molecule has 3 amide bonds. The van der Waals surface area contributed by atoms with Crippen molar-refractivity contribution >= 4 is 11.9 Å². The lowest BCUT2D eigenvalue weighted by molar-refractivity contribution is -0.196. The zero-order chi connectivity index (χ0) is 19.9. The number of urea groups is 1. The third kappa shape index (κ3) is 2.98. The van der Waals surface area contributed by atoms with Crippen molar-refractivity contribution in [3.8, 4) is 0 Å². The van der Waals surface area contributed by atoms with Gasteiger partial charge in [0, 0.05) is 31.0 Å². The molecule has 0 aromatic heterocycles. The molecule has 0 unspecified atom stereocenters. The number of benzene rings is 1. The molecule has 0 radical (unpaired) electrons. The number of amides is 3. The van der Waals surface area contributed by atoms with Crippen molar-refractivity contribution < 1.29 is 14.7 Å². The Labute approximate surface area is 166 Å². The highest BCUT2D eigenvalue weighted by molar-refractivity contribution is 5.84. The molecule has 6 nitrogen and oxygen atoms in total. The SMILES string of the molecule is CC(C)NC(=O)N1CC2(C1)[C@@H](c1ccccc1)[C@@H](CO)N2C(=O)C1CCCC1. The average molecular weight is 386 g/mol. The van der Waals surface area contributed by atoms with Crippen LogP contribution in [0.1, 0.15) is 51.0 Å². The zero-order valence-corrected chi connectivity index (χ0v) is 16.8. The van der Waals surface area contributed by atoms with Crippen LogP contribution in [0.5, 0.6) is 0 Å². The molecule has 2 heterocycles. The van der Waals surface area contributed by atoms with Crippen molar-refractivity contribution in [1.82, 2.24) is 15.1 Å². The topological polar surface area (TPSA) is 72.9 Å². The fourth-order valence-corrected chi connectivity index (χ4v) is 5.48. The molecule has 28 heavy (non-hydrogen) atoms. The maximum Gasteiger partial charge on any atom is 0.317 e. The van der Waals surface area contributed by atoms with Gasteiger partial charge in [-0.15, -0.1) is 0 Å². The van der Waals surface area contributed by atoms with Gasteiger partial charge in [-0.25, -0.2) is 4.79 Å². The summed E-state index contributed by atoms with van der Waals surface area (Å²) in [5.74, 6) is 0.306. The first-order valence-electron chi connectivity index (χ1n) is 10.5. The van der Waals surface area contributed by atoms with Crippen LogP contribution in [0.2, 0.25) is 0 Å². The Balaban J connectivity index is 1.60. The minimum Gasteiger partial charge on any atom is -0.394 e. The minimum absolute atomic E-state index is 0.0437. The molecule has 1 saturated carbocycles. The Hall–Kier alpha value is -2.08. The van der Waals surface area contributed by atoms with Crippen molar-refractivity contribution in [2.75, 3.05) is 19.7 Å². The second kappa shape index (κ2) is 7.39. The third-order valence-electron chi connectivity index (χ3n) is 6.69. The van der Waals surface area contributed by atoms with E-state index in [-0.39, 0.29) is 48.0 Å². The van der Waals surface area contributed by atoms with E-state index in [1.54, 1.807) is 4.90 Å². The number of aliphatic hydroxyl groups is 1. The van der Waals surface area contributed by atoms with Crippen molar-refractivity contribution in [2.45, 2.75) is 63.1 Å². The van der Waals surface area contributed by atoms with Crippen LogP contribution in [0, 0.1) is 5.92 Å². The van der Waals surface area contributed by atoms with Crippen molar-refractivity contribution in [1.29, 1.82) is 0 Å². The summed E-state index contributed by atoms with van der Waals surface area (Å²) in [7, 11) is 0. The predicted octanol–water partition coefficient (Wildman–Crippen LogP) is 2.34. The molecular formula is C22H31N3O3. The first kappa shape index (κ1) is 19.2. The predicted molar refractivity (Wildman–Crippen MR) is 107 cm³/mol. The standard InChI is InChI=1S/C22H31N3O3/c1-15(2)23-21(28)24-13-22(14-24)19(16-8-4-3-5-9-16)18(12-26)25(22)20(27)17-10-6-7-11-17/h3-5,8-9,15,17-19,26H,6-7,10-14H2,1-2H3,(H,23,28)/t18-,19+/m1/s1. The molecule has 3 fully saturated rings. The quantitative estimate of drug-likeness (QED) is 0.836. The Kier molecular flexibility index (Phi) is 5.08. The van der Waals surface area contributed by atoms with Crippen molar-refractivity contribution in [3.05, 3.63) is 35.9 Å². The summed E-state index contributed by atoms with van der Waals surface area (Å²) in [6, 6.07) is 9.93. The minimum atomic E-state index is -0.386. The van der Waals surface area contributed by atoms with E-state index >= 15 is 0 Å². The monoisotopic (exact) mass is 385 g/mol. The summed E-state index contributed by atoms with van der Waals surface area (Å²) in [5, 5.41) is 13.1. The second-order valence-electron chi connectivity index (χ2n) is 8.89. The summed E-state index contributed by atoms with van der Waals surface area (Å²) < 4.78 is 0. The maximum atomic E-state index is 13.3. The summed E-state index contributed by atoms with van der Waals surface area (Å²) >= 11 is 0. The molecular weight excluding hydrogens is 354 g/mol. The van der Waals surface area contributed by atoms with Crippen LogP contribution in [-0.4, -0.2) is 64.2 Å². The highest BCUT2D eigenvalue weighted by Gasteiger charge is 2.68. The van der Waals surface area contributed by atoms with E-state index in [4.69, 9.17) is 0 Å². The van der Waals surface area contributed by atoms with Crippen molar-refractivity contribution in [2.24, 2.45) is 5.92 Å². The summed E-state index contributed by atoms with van der Waals surface area (Å²) in [5.41, 5.74) is 0.754. The number of likely N-dealkylation sites (tertiary alicyclic amines) is 2. The van der Waals surface area contributed by atoms with Crippen molar-refractivity contribution in [3.63, 3.8) is 0 Å². The van der Waals surface area contributed by atoms with E-state index in [2.05, 4.69) is 17.4 Å². The summed E-state index contributed by atoms with van der Waals surface area (Å²) in [4.78, 5) is 29.5. The van der Waals surface area contributed by atoms with Crippen LogP contribution in [0.15, 0.2) is 30.3 Å². The highest BCUT2D eigenvalue weighted by Crippen LogP contribution is 2.54. The molecule has 1 spiro atoms. The lowest BCUT2D eigenvalue weighted by Gasteiger charge is -2.70. The molecule has 152 valence electrons. The molecule has 2 atom stereocenters. The number of carbonyl (C=O) groups is 2. The van der Waals surface area contributed by atoms with Gasteiger partial charge in [0.15, 0.2) is 0 Å². The van der Waals surface area contributed by atoms with Crippen LogP contribution in [-0.2, 0) is 4.79 Å². The second-order valence-corrected chi connectivity index (χ2v) is 8.89. The van der Waals surface area contributed by atoms with Crippen LogP contribution in [0.3, 0.4) is 0 Å². The van der Waals surface area contributed by atoms with Gasteiger partial charge < -0.3 is 20.2 Å². The molecule has 1 aliphatic carbocycles. The average Bonchev–Trinajstić information content (AvgIpc) is 3.15. The van der Waals surface area contributed by atoms with Crippen LogP contribution in [0.25, 0.3) is 0 Å². The molecule has 1 aromatic carbocycles. The molecule has 2 aliphatic heterocycles. The van der Waals surface area contributed by atoms with Gasteiger partial charge in [0.2, 0.25) is 5.91 Å². The molecule has 2 saturated heterocycles. The van der Waals surface area contributed by atoms with Gasteiger partial charge in [-0.1, -0.05) is 43.2 Å². The zero-order valence-electron chi connectivity index (χ0n) is 16.8. The van der Waals surface area contributed by atoms with Gasteiger partial charge in [-0.2, -0.15) is 0 Å². The first-order chi connectivity index (χ1) is 13.5. The molecule has 1 aromatic rings. The van der Waals surface area contributed by atoms with Gasteiger partial charge >= 0.3 is 6.03 Å². The summed E-state index contributed by atoms with van der Waals surface area (Å²) in [6.07, 6.45) is 4.09. The van der Waals surface area contributed by atoms with E-state index in [9.17, 15) is 14.7 Å². The largest absolute Gasteiger partial charge is 0.394 e. The fourth-order valence-electron chi connectivity index (χ4n) is 5.48. The number of nitrogens with zero attached hydrogens (tertiary/aromatic N) is 2. The lowest BCUT2D eigenvalue weighted by atomic mass is 9.60. The van der Waals surface area contributed by atoms with Crippen LogP contribution < -0.4 is 5.32 Å². The molecule has 2 N–H and O–H groups in total. The number of hydrogen-bond acceptors (Lipinski definition) is 3. The van der Waals surface area contributed by atoms with Gasteiger partial charge in [-0.05, 0) is 32.3 Å². The van der Waals surface area contributed by atoms with Gasteiger partial charge in [0.25, 0.3) is 0 Å². The number of nitrogens with one attached hydrogen (secondary N) is 1. The Morgan fingerprint density at radius 1 is 1.18 bits per heavy atom. The lowest BCUT2D eigenvalue weighted by Crippen LogP contribution is -2.86. The molecule has 0 bridgehead atoms. The van der Waals surface area contributed by atoms with E-state index in [0.717, 1.165) is 31.2 Å². The Morgan fingerprint density at radius 3 is 2.39 bits per heavy atom. The van der Waals surface area contributed by atoms with Crippen LogP contribution >= 0.6 is 0 Å². The molecule has 3 aliphatic rings. The number of hydrogen-bond donors (Lipinski definition) is 2. The van der Waals surface area contributed by atoms with Crippen LogP contribution in [0.4, 0.5) is 4.79 Å². The highest BCUT2D eigenvalue weighted by atomic mass is 16.3. The van der Waals surface area contributed by atoms with Gasteiger partial charge in [-0.3, -0.25) is 4.79 Å². The number of aliphatic hydroxyl groups excluding tert-OH is 1. The third-order valence-corrected chi connectivity index (χ3v) is 6.69. The van der Waals surface area contributed by atoms with E-state index in [1.165, 1.54) is 0 Å². The summed E-state index contributed by atoms with van der Waals surface area (Å²) in [6.45, 7) is 4.90. The molecule has 6 heteroatoms. The van der Waals surface area contributed by atoms with Gasteiger partial charge in [0.05, 0.1) is 18.2 Å².